The van der Waals surface area contributed by atoms with Crippen molar-refractivity contribution in [3.63, 3.8) is 0 Å². The first-order chi connectivity index (χ1) is 8.25. The van der Waals surface area contributed by atoms with Crippen LogP contribution in [0.4, 0.5) is 0 Å². The minimum absolute atomic E-state index is 0.0414. The molecule has 4 atom stereocenters. The Balaban J connectivity index is 1.60. The third-order valence-electron chi connectivity index (χ3n) is 4.74. The normalized spacial score (nSPS) is 41.6. The summed E-state index contributed by atoms with van der Waals surface area (Å²) in [4.78, 5) is 14.3. The van der Waals surface area contributed by atoms with E-state index in [0.29, 0.717) is 11.8 Å². The van der Waals surface area contributed by atoms with Gasteiger partial charge in [-0.25, -0.2) is 0 Å². The summed E-state index contributed by atoms with van der Waals surface area (Å²) in [6, 6.07) is 0.0414. The Morgan fingerprint density at radius 1 is 1.18 bits per heavy atom. The first-order valence-electron chi connectivity index (χ1n) is 6.96. The van der Waals surface area contributed by atoms with Crippen LogP contribution in [-0.2, 0) is 4.79 Å². The minimum atomic E-state index is -0.169. The predicted octanol–water partition coefficient (Wildman–Crippen LogP) is 0.358. The van der Waals surface area contributed by atoms with Crippen LogP contribution in [0.5, 0.6) is 0 Å². The zero-order valence-electron chi connectivity index (χ0n) is 10.3. The van der Waals surface area contributed by atoms with Gasteiger partial charge in [0, 0.05) is 19.0 Å². The zero-order valence-corrected chi connectivity index (χ0v) is 10.3. The molecule has 3 unspecified atom stereocenters. The van der Waals surface area contributed by atoms with Crippen LogP contribution in [0, 0.1) is 11.8 Å². The number of nitrogens with one attached hydrogen (secondary N) is 1. The SMILES string of the molecule is O=C([C@H]1CCCCN1)N1CC2CCC(O)C2C1. The van der Waals surface area contributed by atoms with Crippen LogP contribution < -0.4 is 5.32 Å². The van der Waals surface area contributed by atoms with Crippen LogP contribution in [0.15, 0.2) is 0 Å². The molecule has 0 aromatic rings. The summed E-state index contributed by atoms with van der Waals surface area (Å²) in [5, 5.41) is 13.2. The highest BCUT2D eigenvalue weighted by Crippen LogP contribution is 2.38. The molecule has 0 bridgehead atoms. The van der Waals surface area contributed by atoms with Gasteiger partial charge in [-0.2, -0.15) is 0 Å². The molecule has 2 heterocycles. The van der Waals surface area contributed by atoms with Gasteiger partial charge in [-0.3, -0.25) is 4.79 Å². The van der Waals surface area contributed by atoms with Crippen molar-refractivity contribution >= 4 is 5.91 Å². The molecule has 0 radical (unpaired) electrons. The number of piperidine rings is 1. The summed E-state index contributed by atoms with van der Waals surface area (Å²) in [6.45, 7) is 2.63. The highest BCUT2D eigenvalue weighted by atomic mass is 16.3. The second kappa shape index (κ2) is 4.58. The molecule has 3 fully saturated rings. The van der Waals surface area contributed by atoms with Gasteiger partial charge >= 0.3 is 0 Å². The lowest BCUT2D eigenvalue weighted by molar-refractivity contribution is -0.133. The lowest BCUT2D eigenvalue weighted by Gasteiger charge is -2.28. The summed E-state index contributed by atoms with van der Waals surface area (Å²) in [5.74, 6) is 1.17. The molecule has 1 amide bonds. The number of nitrogens with zero attached hydrogens (tertiary/aromatic N) is 1. The molecule has 2 N–H and O–H groups in total. The van der Waals surface area contributed by atoms with Crippen molar-refractivity contribution in [2.45, 2.75) is 44.2 Å². The topological polar surface area (TPSA) is 52.6 Å². The summed E-state index contributed by atoms with van der Waals surface area (Å²) in [5.41, 5.74) is 0. The van der Waals surface area contributed by atoms with Crippen LogP contribution in [0.1, 0.15) is 32.1 Å². The molecule has 3 rings (SSSR count). The molecular weight excluding hydrogens is 216 g/mol. The van der Waals surface area contributed by atoms with Crippen LogP contribution in [-0.4, -0.2) is 47.7 Å². The fraction of sp³-hybridized carbons (Fsp3) is 0.923. The van der Waals surface area contributed by atoms with E-state index in [1.54, 1.807) is 0 Å². The fourth-order valence-corrected chi connectivity index (χ4v) is 3.70. The maximum Gasteiger partial charge on any atom is 0.239 e. The largest absolute Gasteiger partial charge is 0.393 e. The van der Waals surface area contributed by atoms with Crippen molar-refractivity contribution < 1.29 is 9.90 Å². The quantitative estimate of drug-likeness (QED) is 0.693. The number of amides is 1. The van der Waals surface area contributed by atoms with Gasteiger partial charge in [0.05, 0.1) is 12.1 Å². The Morgan fingerprint density at radius 2 is 2.06 bits per heavy atom. The average molecular weight is 238 g/mol. The third-order valence-corrected chi connectivity index (χ3v) is 4.74. The van der Waals surface area contributed by atoms with Crippen LogP contribution >= 0.6 is 0 Å². The molecule has 1 aliphatic carbocycles. The Morgan fingerprint density at radius 3 is 2.76 bits per heavy atom. The van der Waals surface area contributed by atoms with Crippen molar-refractivity contribution in [1.29, 1.82) is 0 Å². The van der Waals surface area contributed by atoms with E-state index >= 15 is 0 Å². The molecule has 3 aliphatic rings. The van der Waals surface area contributed by atoms with Gasteiger partial charge in [0.2, 0.25) is 5.91 Å². The van der Waals surface area contributed by atoms with Crippen LogP contribution in [0.2, 0.25) is 0 Å². The minimum Gasteiger partial charge on any atom is -0.393 e. The predicted molar refractivity (Wildman–Crippen MR) is 64.4 cm³/mol. The third kappa shape index (κ3) is 2.08. The average Bonchev–Trinajstić information content (AvgIpc) is 2.92. The second-order valence-corrected chi connectivity index (χ2v) is 5.81. The molecule has 4 heteroatoms. The van der Waals surface area contributed by atoms with Gasteiger partial charge in [0.25, 0.3) is 0 Å². The molecule has 96 valence electrons. The Hall–Kier alpha value is -0.610. The molecule has 1 saturated carbocycles. The number of hydrogen-bond acceptors (Lipinski definition) is 3. The van der Waals surface area contributed by atoms with E-state index in [-0.39, 0.29) is 18.1 Å². The number of aliphatic hydroxyl groups excluding tert-OH is 1. The number of fused-ring (bicyclic) bond motifs is 1. The Bertz CT molecular complexity index is 302. The number of hydrogen-bond donors (Lipinski definition) is 2. The van der Waals surface area contributed by atoms with Gasteiger partial charge in [-0.15, -0.1) is 0 Å². The van der Waals surface area contributed by atoms with Gasteiger partial charge < -0.3 is 15.3 Å². The Kier molecular flexibility index (Phi) is 3.09. The number of carbonyl (C=O) groups excluding carboxylic acids is 1. The van der Waals surface area contributed by atoms with Gasteiger partial charge in [-0.1, -0.05) is 6.42 Å². The molecule has 0 spiro atoms. The summed E-state index contributed by atoms with van der Waals surface area (Å²) in [6.07, 6.45) is 5.18. The molecule has 17 heavy (non-hydrogen) atoms. The van der Waals surface area contributed by atoms with Crippen molar-refractivity contribution in [2.75, 3.05) is 19.6 Å². The smallest absolute Gasteiger partial charge is 0.239 e. The summed E-state index contributed by atoms with van der Waals surface area (Å²) >= 11 is 0. The number of aliphatic hydroxyl groups is 1. The molecule has 2 saturated heterocycles. The standard InChI is InChI=1S/C13H22N2O2/c16-12-5-4-9-7-15(8-10(9)12)13(17)11-3-1-2-6-14-11/h9-12,14,16H,1-8H2/t9?,10?,11-,12?/m1/s1. The monoisotopic (exact) mass is 238 g/mol. The summed E-state index contributed by atoms with van der Waals surface area (Å²) in [7, 11) is 0. The van der Waals surface area contributed by atoms with E-state index in [9.17, 15) is 9.90 Å². The van der Waals surface area contributed by atoms with E-state index in [4.69, 9.17) is 0 Å². The highest BCUT2D eigenvalue weighted by molar-refractivity contribution is 5.82. The number of rotatable bonds is 1. The lowest BCUT2D eigenvalue weighted by atomic mass is 10.00. The van der Waals surface area contributed by atoms with Crippen molar-refractivity contribution in [3.8, 4) is 0 Å². The van der Waals surface area contributed by atoms with Crippen LogP contribution in [0.3, 0.4) is 0 Å². The maximum atomic E-state index is 12.3. The molecule has 4 nitrogen and oxygen atoms in total. The van der Waals surface area contributed by atoms with Crippen molar-refractivity contribution in [1.82, 2.24) is 10.2 Å². The fourth-order valence-electron chi connectivity index (χ4n) is 3.70. The van der Waals surface area contributed by atoms with E-state index < -0.39 is 0 Å². The Labute approximate surface area is 102 Å². The maximum absolute atomic E-state index is 12.3. The molecule has 0 aromatic carbocycles. The number of likely N-dealkylation sites (tertiary alicyclic amines) is 1. The lowest BCUT2D eigenvalue weighted by Crippen LogP contribution is -2.48. The number of carbonyl (C=O) groups is 1. The second-order valence-electron chi connectivity index (χ2n) is 5.81. The van der Waals surface area contributed by atoms with E-state index in [1.807, 2.05) is 4.90 Å². The van der Waals surface area contributed by atoms with Crippen molar-refractivity contribution in [2.24, 2.45) is 11.8 Å². The van der Waals surface area contributed by atoms with Crippen molar-refractivity contribution in [3.05, 3.63) is 0 Å². The van der Waals surface area contributed by atoms with Gasteiger partial charge in [0.1, 0.15) is 0 Å². The van der Waals surface area contributed by atoms with E-state index in [1.165, 1.54) is 6.42 Å². The van der Waals surface area contributed by atoms with E-state index in [0.717, 1.165) is 45.3 Å². The first kappa shape index (κ1) is 11.5. The zero-order chi connectivity index (χ0) is 11.8. The van der Waals surface area contributed by atoms with E-state index in [2.05, 4.69) is 5.32 Å². The van der Waals surface area contributed by atoms with Gasteiger partial charge in [-0.05, 0) is 38.1 Å². The molecule has 0 aromatic heterocycles. The van der Waals surface area contributed by atoms with Gasteiger partial charge in [0.15, 0.2) is 0 Å². The molecule has 2 aliphatic heterocycles. The first-order valence-corrected chi connectivity index (χ1v) is 6.96. The summed E-state index contributed by atoms with van der Waals surface area (Å²) < 4.78 is 0. The molecular formula is C13H22N2O2. The van der Waals surface area contributed by atoms with Crippen LogP contribution in [0.25, 0.3) is 0 Å². The highest BCUT2D eigenvalue weighted by Gasteiger charge is 2.44.